The number of thiazole rings is 1. The molecule has 1 aliphatic heterocycles. The molecule has 0 amide bonds. The quantitative estimate of drug-likeness (QED) is 0.502. The number of aromatic nitrogens is 1. The van der Waals surface area contributed by atoms with Crippen LogP contribution >= 0.6 is 22.7 Å². The molecule has 0 N–H and O–H groups in total. The zero-order valence-corrected chi connectivity index (χ0v) is 20.6. The fourth-order valence-corrected chi connectivity index (χ4v) is 5.60. The third kappa shape index (κ3) is 4.26. The van der Waals surface area contributed by atoms with E-state index in [4.69, 9.17) is 14.2 Å². The third-order valence-electron chi connectivity index (χ3n) is 5.12. The average molecular weight is 485 g/mol. The lowest BCUT2D eigenvalue weighted by Gasteiger charge is -2.24. The Balaban J connectivity index is 1.94. The van der Waals surface area contributed by atoms with Gasteiger partial charge in [0, 0.05) is 10.4 Å². The van der Waals surface area contributed by atoms with Gasteiger partial charge in [-0.05, 0) is 44.4 Å². The first-order chi connectivity index (χ1) is 15.8. The highest BCUT2D eigenvalue weighted by molar-refractivity contribution is 7.10. The summed E-state index contributed by atoms with van der Waals surface area (Å²) in [6.07, 6.45) is 1.48. The van der Waals surface area contributed by atoms with Gasteiger partial charge in [-0.2, -0.15) is 0 Å². The van der Waals surface area contributed by atoms with Gasteiger partial charge in [0.15, 0.2) is 16.3 Å². The summed E-state index contributed by atoms with van der Waals surface area (Å²) in [7, 11) is 3.13. The van der Waals surface area contributed by atoms with Crippen LogP contribution in [-0.4, -0.2) is 30.9 Å². The molecule has 0 saturated heterocycles. The molecule has 7 nitrogen and oxygen atoms in total. The zero-order valence-electron chi connectivity index (χ0n) is 18.9. The Labute approximate surface area is 198 Å². The number of hydrogen-bond acceptors (Lipinski definition) is 8. The molecule has 3 heterocycles. The second-order valence-corrected chi connectivity index (χ2v) is 9.62. The van der Waals surface area contributed by atoms with Gasteiger partial charge in [0.1, 0.15) is 6.04 Å². The molecule has 3 aromatic rings. The zero-order chi connectivity index (χ0) is 23.7. The Hall–Kier alpha value is -3.17. The lowest BCUT2D eigenvalue weighted by atomic mass is 10.0. The molecule has 172 valence electrons. The van der Waals surface area contributed by atoms with Gasteiger partial charge in [-0.1, -0.05) is 29.5 Å². The lowest BCUT2D eigenvalue weighted by molar-refractivity contribution is -0.143. The molecule has 0 bridgehead atoms. The SMILES string of the molecule is COc1cccc(/C=c2/sc3n(c2=O)[C@@H](c2cccs2)C(C(=O)OC(C)C)=C(C)N=3)c1OC. The molecule has 1 aromatic carbocycles. The molecular formula is C24H24N2O5S2. The first-order valence-corrected chi connectivity index (χ1v) is 12.0. The number of methoxy groups -OCH3 is 2. The number of benzene rings is 1. The van der Waals surface area contributed by atoms with E-state index in [9.17, 15) is 9.59 Å². The molecule has 9 heteroatoms. The number of allylic oxidation sites excluding steroid dienone is 1. The van der Waals surface area contributed by atoms with E-state index in [0.29, 0.717) is 37.7 Å². The third-order valence-corrected chi connectivity index (χ3v) is 7.02. The number of ether oxygens (including phenoxy) is 3. The molecule has 0 spiro atoms. The highest BCUT2D eigenvalue weighted by atomic mass is 32.1. The van der Waals surface area contributed by atoms with Crippen molar-refractivity contribution >= 4 is 34.7 Å². The van der Waals surface area contributed by atoms with Gasteiger partial charge in [0.2, 0.25) is 0 Å². The van der Waals surface area contributed by atoms with Gasteiger partial charge in [-0.3, -0.25) is 9.36 Å². The van der Waals surface area contributed by atoms with Crippen LogP contribution in [0.5, 0.6) is 11.5 Å². The number of hydrogen-bond donors (Lipinski definition) is 0. The number of rotatable bonds is 6. The van der Waals surface area contributed by atoms with Crippen LogP contribution < -0.4 is 24.4 Å². The average Bonchev–Trinajstić information content (AvgIpc) is 3.41. The number of carbonyl (C=O) groups excluding carboxylic acids is 1. The van der Waals surface area contributed by atoms with Crippen LogP contribution in [-0.2, 0) is 9.53 Å². The standard InChI is InChI=1S/C24H24N2O5S2/c1-13(2)31-23(28)19-14(3)25-24-26(20(19)17-10-7-11-32-17)22(27)18(33-24)12-15-8-6-9-16(29-4)21(15)30-5/h6-13,20H,1-5H3/b18-12+/t20-/m0/s1. The van der Waals surface area contributed by atoms with Gasteiger partial charge in [-0.25, -0.2) is 9.79 Å². The number of thiophene rings is 1. The molecule has 0 fully saturated rings. The molecule has 2 aromatic heterocycles. The largest absolute Gasteiger partial charge is 0.493 e. The Bertz CT molecular complexity index is 1400. The lowest BCUT2D eigenvalue weighted by Crippen LogP contribution is -2.39. The first-order valence-electron chi connectivity index (χ1n) is 10.3. The van der Waals surface area contributed by atoms with Crippen LogP contribution in [0.15, 0.2) is 56.8 Å². The summed E-state index contributed by atoms with van der Waals surface area (Å²) in [5.74, 6) is 0.650. The van der Waals surface area contributed by atoms with Crippen molar-refractivity contribution in [3.05, 3.63) is 77.1 Å². The summed E-state index contributed by atoms with van der Waals surface area (Å²) in [6, 6.07) is 8.71. The summed E-state index contributed by atoms with van der Waals surface area (Å²) in [5, 5.41) is 1.92. The monoisotopic (exact) mass is 484 g/mol. The van der Waals surface area contributed by atoms with Crippen LogP contribution in [0.25, 0.3) is 6.08 Å². The molecule has 0 unspecified atom stereocenters. The van der Waals surface area contributed by atoms with Crippen molar-refractivity contribution in [1.29, 1.82) is 0 Å². The minimum absolute atomic E-state index is 0.232. The highest BCUT2D eigenvalue weighted by Crippen LogP contribution is 2.34. The maximum Gasteiger partial charge on any atom is 0.338 e. The summed E-state index contributed by atoms with van der Waals surface area (Å²) in [5.41, 5.74) is 1.41. The number of carbonyl (C=O) groups is 1. The summed E-state index contributed by atoms with van der Waals surface area (Å²) >= 11 is 2.75. The first kappa shape index (κ1) is 23.0. The highest BCUT2D eigenvalue weighted by Gasteiger charge is 2.34. The van der Waals surface area contributed by atoms with E-state index in [2.05, 4.69) is 4.99 Å². The number of fused-ring (bicyclic) bond motifs is 1. The molecule has 33 heavy (non-hydrogen) atoms. The summed E-state index contributed by atoms with van der Waals surface area (Å²) < 4.78 is 18.5. The van der Waals surface area contributed by atoms with Crippen molar-refractivity contribution in [2.24, 2.45) is 4.99 Å². The van der Waals surface area contributed by atoms with E-state index in [1.807, 2.05) is 29.6 Å². The maximum absolute atomic E-state index is 13.6. The second kappa shape index (κ2) is 9.36. The summed E-state index contributed by atoms with van der Waals surface area (Å²) in [4.78, 5) is 32.6. The molecule has 0 radical (unpaired) electrons. The van der Waals surface area contributed by atoms with Crippen LogP contribution in [0.2, 0.25) is 0 Å². The minimum Gasteiger partial charge on any atom is -0.493 e. The van der Waals surface area contributed by atoms with Crippen molar-refractivity contribution in [3.63, 3.8) is 0 Å². The van der Waals surface area contributed by atoms with Crippen molar-refractivity contribution < 1.29 is 19.0 Å². The Morgan fingerprint density at radius 3 is 2.61 bits per heavy atom. The van der Waals surface area contributed by atoms with Crippen molar-refractivity contribution in [1.82, 2.24) is 4.57 Å². The van der Waals surface area contributed by atoms with E-state index >= 15 is 0 Å². The van der Waals surface area contributed by atoms with Gasteiger partial charge in [0.05, 0.1) is 36.1 Å². The van der Waals surface area contributed by atoms with Crippen LogP contribution in [0, 0.1) is 0 Å². The van der Waals surface area contributed by atoms with E-state index in [1.165, 1.54) is 22.7 Å². The number of esters is 1. The van der Waals surface area contributed by atoms with Gasteiger partial charge in [0.25, 0.3) is 5.56 Å². The van der Waals surface area contributed by atoms with Crippen molar-refractivity contribution in [3.8, 4) is 11.5 Å². The Kier molecular flexibility index (Phi) is 6.53. The predicted octanol–water partition coefficient (Wildman–Crippen LogP) is 3.27. The molecular weight excluding hydrogens is 460 g/mol. The fraction of sp³-hybridized carbons (Fsp3) is 0.292. The van der Waals surface area contributed by atoms with E-state index in [0.717, 1.165) is 4.88 Å². The van der Waals surface area contributed by atoms with Crippen LogP contribution in [0.3, 0.4) is 0 Å². The van der Waals surface area contributed by atoms with Crippen molar-refractivity contribution in [2.45, 2.75) is 32.9 Å². The van der Waals surface area contributed by atoms with Gasteiger partial charge in [-0.15, -0.1) is 11.3 Å². The second-order valence-electron chi connectivity index (χ2n) is 7.63. The fourth-order valence-electron chi connectivity index (χ4n) is 3.74. The molecule has 4 rings (SSSR count). The molecule has 0 saturated carbocycles. The van der Waals surface area contributed by atoms with Crippen LogP contribution in [0.4, 0.5) is 0 Å². The van der Waals surface area contributed by atoms with Crippen LogP contribution in [0.1, 0.15) is 37.3 Å². The van der Waals surface area contributed by atoms with E-state index in [1.54, 1.807) is 51.7 Å². The summed E-state index contributed by atoms with van der Waals surface area (Å²) in [6.45, 7) is 5.37. The minimum atomic E-state index is -0.596. The van der Waals surface area contributed by atoms with Gasteiger partial charge < -0.3 is 14.2 Å². The Morgan fingerprint density at radius 1 is 1.18 bits per heavy atom. The molecule has 0 aliphatic carbocycles. The molecule has 1 aliphatic rings. The maximum atomic E-state index is 13.6. The van der Waals surface area contributed by atoms with E-state index in [-0.39, 0.29) is 11.7 Å². The normalized spacial score (nSPS) is 15.9. The Morgan fingerprint density at radius 2 is 1.97 bits per heavy atom. The number of para-hydroxylation sites is 1. The van der Waals surface area contributed by atoms with E-state index < -0.39 is 12.0 Å². The number of nitrogens with zero attached hydrogens (tertiary/aromatic N) is 2. The smallest absolute Gasteiger partial charge is 0.338 e. The van der Waals surface area contributed by atoms with Crippen molar-refractivity contribution in [2.75, 3.05) is 14.2 Å². The molecule has 1 atom stereocenters. The topological polar surface area (TPSA) is 79.1 Å². The predicted molar refractivity (Wildman–Crippen MR) is 129 cm³/mol. The van der Waals surface area contributed by atoms with Gasteiger partial charge >= 0.3 is 5.97 Å².